The van der Waals surface area contributed by atoms with Gasteiger partial charge in [0.1, 0.15) is 17.1 Å². The van der Waals surface area contributed by atoms with E-state index in [0.717, 1.165) is 0 Å². The summed E-state index contributed by atoms with van der Waals surface area (Å²) in [5.41, 5.74) is -0.829. The number of Topliss-reactive ketones (excluding diaryl/α,β-unsaturated/α-hetero) is 1. The van der Waals surface area contributed by atoms with Gasteiger partial charge in [0.05, 0.1) is 13.0 Å². The standard InChI is InChI=1S/C14H15NO3/c1-10(16)13-6-5-12(18-2)8-14(13,17)11-4-3-7-15-9-11/h3-9,13,17H,1-2H3. The second-order valence-electron chi connectivity index (χ2n) is 4.27. The van der Waals surface area contributed by atoms with E-state index in [-0.39, 0.29) is 5.78 Å². The molecule has 1 aromatic heterocycles. The second kappa shape index (κ2) is 4.74. The normalized spacial score (nSPS) is 26.6. The molecule has 2 rings (SSSR count). The molecule has 18 heavy (non-hydrogen) atoms. The number of carbonyl (C=O) groups excluding carboxylic acids is 1. The zero-order chi connectivity index (χ0) is 13.2. The molecule has 0 saturated carbocycles. The van der Waals surface area contributed by atoms with E-state index in [2.05, 4.69) is 4.98 Å². The molecule has 2 atom stereocenters. The Bertz CT molecular complexity index is 507. The maximum absolute atomic E-state index is 11.7. The molecule has 94 valence electrons. The van der Waals surface area contributed by atoms with Gasteiger partial charge in [0, 0.05) is 18.0 Å². The van der Waals surface area contributed by atoms with Crippen LogP contribution in [-0.4, -0.2) is 23.0 Å². The van der Waals surface area contributed by atoms with Crippen LogP contribution in [-0.2, 0) is 15.1 Å². The maximum atomic E-state index is 11.7. The predicted molar refractivity (Wildman–Crippen MR) is 66.5 cm³/mol. The summed E-state index contributed by atoms with van der Waals surface area (Å²) in [6, 6.07) is 3.47. The van der Waals surface area contributed by atoms with Crippen LogP contribution in [0.1, 0.15) is 12.5 Å². The molecule has 0 radical (unpaired) electrons. The summed E-state index contributed by atoms with van der Waals surface area (Å²) >= 11 is 0. The Balaban J connectivity index is 2.52. The van der Waals surface area contributed by atoms with Crippen LogP contribution in [0.5, 0.6) is 0 Å². The van der Waals surface area contributed by atoms with Gasteiger partial charge in [-0.3, -0.25) is 9.78 Å². The van der Waals surface area contributed by atoms with E-state index >= 15 is 0 Å². The highest BCUT2D eigenvalue weighted by atomic mass is 16.5. The lowest BCUT2D eigenvalue weighted by atomic mass is 9.77. The van der Waals surface area contributed by atoms with Crippen LogP contribution in [0.3, 0.4) is 0 Å². The molecule has 4 nitrogen and oxygen atoms in total. The second-order valence-corrected chi connectivity index (χ2v) is 4.27. The van der Waals surface area contributed by atoms with Crippen molar-refractivity contribution in [3.8, 4) is 0 Å². The van der Waals surface area contributed by atoms with E-state index in [1.54, 1.807) is 42.8 Å². The van der Waals surface area contributed by atoms with Gasteiger partial charge in [-0.05, 0) is 25.1 Å². The highest BCUT2D eigenvalue weighted by Gasteiger charge is 2.40. The van der Waals surface area contributed by atoms with E-state index in [1.165, 1.54) is 14.0 Å². The number of nitrogens with zero attached hydrogens (tertiary/aromatic N) is 1. The summed E-state index contributed by atoms with van der Waals surface area (Å²) in [7, 11) is 1.52. The minimum Gasteiger partial charge on any atom is -0.497 e. The zero-order valence-electron chi connectivity index (χ0n) is 10.3. The lowest BCUT2D eigenvalue weighted by Gasteiger charge is -2.33. The number of ketones is 1. The van der Waals surface area contributed by atoms with Crippen molar-refractivity contribution >= 4 is 5.78 Å². The average Bonchev–Trinajstić information content (AvgIpc) is 2.39. The van der Waals surface area contributed by atoms with Crippen LogP contribution in [0.2, 0.25) is 0 Å². The summed E-state index contributed by atoms with van der Waals surface area (Å²) in [6.45, 7) is 1.46. The third-order valence-corrected chi connectivity index (χ3v) is 3.09. The molecule has 0 saturated heterocycles. The predicted octanol–water partition coefficient (Wildman–Crippen LogP) is 1.57. The van der Waals surface area contributed by atoms with Crippen LogP contribution in [0.4, 0.5) is 0 Å². The van der Waals surface area contributed by atoms with Gasteiger partial charge in [0.25, 0.3) is 0 Å². The van der Waals surface area contributed by atoms with Gasteiger partial charge in [0.2, 0.25) is 0 Å². The van der Waals surface area contributed by atoms with Gasteiger partial charge in [-0.15, -0.1) is 0 Å². The number of rotatable bonds is 3. The van der Waals surface area contributed by atoms with Gasteiger partial charge < -0.3 is 9.84 Å². The summed E-state index contributed by atoms with van der Waals surface area (Å²) in [5, 5.41) is 10.8. The molecule has 1 aliphatic rings. The number of carbonyl (C=O) groups is 1. The van der Waals surface area contributed by atoms with Crippen molar-refractivity contribution in [2.45, 2.75) is 12.5 Å². The largest absolute Gasteiger partial charge is 0.497 e. The maximum Gasteiger partial charge on any atom is 0.140 e. The van der Waals surface area contributed by atoms with Crippen molar-refractivity contribution in [1.29, 1.82) is 0 Å². The first-order chi connectivity index (χ1) is 8.58. The molecule has 1 aliphatic carbocycles. The van der Waals surface area contributed by atoms with Crippen molar-refractivity contribution in [3.63, 3.8) is 0 Å². The van der Waals surface area contributed by atoms with E-state index in [9.17, 15) is 9.90 Å². The highest BCUT2D eigenvalue weighted by molar-refractivity contribution is 5.82. The molecule has 2 unspecified atom stereocenters. The highest BCUT2D eigenvalue weighted by Crippen LogP contribution is 2.36. The van der Waals surface area contributed by atoms with Crippen molar-refractivity contribution in [2.75, 3.05) is 7.11 Å². The number of hydrogen-bond acceptors (Lipinski definition) is 4. The van der Waals surface area contributed by atoms with Crippen molar-refractivity contribution in [2.24, 2.45) is 5.92 Å². The Labute approximate surface area is 106 Å². The van der Waals surface area contributed by atoms with Gasteiger partial charge in [-0.1, -0.05) is 12.1 Å². The average molecular weight is 245 g/mol. The van der Waals surface area contributed by atoms with Gasteiger partial charge in [-0.2, -0.15) is 0 Å². The molecular formula is C14H15NO3. The smallest absolute Gasteiger partial charge is 0.140 e. The number of ether oxygens (including phenoxy) is 1. The number of methoxy groups -OCH3 is 1. The fraction of sp³-hybridized carbons (Fsp3) is 0.286. The van der Waals surface area contributed by atoms with Crippen LogP contribution >= 0.6 is 0 Å². The third kappa shape index (κ3) is 2.07. The third-order valence-electron chi connectivity index (χ3n) is 3.09. The van der Waals surface area contributed by atoms with E-state index in [0.29, 0.717) is 11.3 Å². The first-order valence-electron chi connectivity index (χ1n) is 5.66. The number of allylic oxidation sites excluding steroid dienone is 1. The minimum atomic E-state index is -1.40. The molecule has 1 heterocycles. The van der Waals surface area contributed by atoms with Crippen LogP contribution in [0.15, 0.2) is 48.5 Å². The minimum absolute atomic E-state index is 0.107. The Hall–Kier alpha value is -1.94. The summed E-state index contributed by atoms with van der Waals surface area (Å²) in [5.74, 6) is -0.205. The molecule has 0 spiro atoms. The van der Waals surface area contributed by atoms with Crippen molar-refractivity contribution < 1.29 is 14.6 Å². The molecule has 0 bridgehead atoms. The van der Waals surface area contributed by atoms with Gasteiger partial charge in [-0.25, -0.2) is 0 Å². The lowest BCUT2D eigenvalue weighted by Crippen LogP contribution is -2.38. The van der Waals surface area contributed by atoms with Gasteiger partial charge >= 0.3 is 0 Å². The van der Waals surface area contributed by atoms with E-state index in [1.807, 2.05) is 0 Å². The van der Waals surface area contributed by atoms with Crippen molar-refractivity contribution in [1.82, 2.24) is 4.98 Å². The first-order valence-corrected chi connectivity index (χ1v) is 5.66. The fourth-order valence-electron chi connectivity index (χ4n) is 2.13. The number of aromatic nitrogens is 1. The fourth-order valence-corrected chi connectivity index (χ4v) is 2.13. The summed E-state index contributed by atoms with van der Waals surface area (Å²) < 4.78 is 5.12. The Morgan fingerprint density at radius 2 is 2.33 bits per heavy atom. The van der Waals surface area contributed by atoms with Crippen molar-refractivity contribution in [3.05, 3.63) is 54.1 Å². The number of hydrogen-bond donors (Lipinski definition) is 1. The quantitative estimate of drug-likeness (QED) is 0.878. The molecule has 1 N–H and O–H groups in total. The van der Waals surface area contributed by atoms with Gasteiger partial charge in [0.15, 0.2) is 0 Å². The number of pyridine rings is 1. The van der Waals surface area contributed by atoms with Crippen LogP contribution < -0.4 is 0 Å². The van der Waals surface area contributed by atoms with E-state index in [4.69, 9.17) is 4.74 Å². The summed E-state index contributed by atoms with van der Waals surface area (Å²) in [4.78, 5) is 15.7. The topological polar surface area (TPSA) is 59.4 Å². The van der Waals surface area contributed by atoms with Crippen LogP contribution in [0, 0.1) is 5.92 Å². The van der Waals surface area contributed by atoms with Crippen LogP contribution in [0.25, 0.3) is 0 Å². The molecule has 0 fully saturated rings. The van der Waals surface area contributed by atoms with E-state index < -0.39 is 11.5 Å². The SMILES string of the molecule is COC1=CC(O)(c2cccnc2)C(C(C)=O)C=C1. The molecule has 0 aromatic carbocycles. The molecule has 0 amide bonds. The lowest BCUT2D eigenvalue weighted by molar-refractivity contribution is -0.125. The Kier molecular flexibility index (Phi) is 3.30. The Morgan fingerprint density at radius 1 is 1.56 bits per heavy atom. The molecule has 4 heteroatoms. The summed E-state index contributed by atoms with van der Waals surface area (Å²) in [6.07, 6.45) is 8.08. The monoisotopic (exact) mass is 245 g/mol. The first kappa shape index (κ1) is 12.5. The molecule has 0 aliphatic heterocycles. The number of aliphatic hydroxyl groups is 1. The Morgan fingerprint density at radius 3 is 2.89 bits per heavy atom. The molecule has 1 aromatic rings. The zero-order valence-corrected chi connectivity index (χ0v) is 10.3. The molecular weight excluding hydrogens is 230 g/mol.